The number of carbonyl (C=O) groups excluding carboxylic acids is 1. The molecule has 1 heterocycles. The summed E-state index contributed by atoms with van der Waals surface area (Å²) in [6.45, 7) is 8.35. The van der Waals surface area contributed by atoms with Crippen LogP contribution in [-0.4, -0.2) is 37.0 Å². The van der Waals surface area contributed by atoms with Crippen LogP contribution in [0, 0.1) is 0 Å². The predicted octanol–water partition coefficient (Wildman–Crippen LogP) is 3.51. The van der Waals surface area contributed by atoms with E-state index in [1.165, 1.54) is 11.1 Å². The van der Waals surface area contributed by atoms with Crippen LogP contribution in [0.3, 0.4) is 0 Å². The number of hydrogen-bond donors (Lipinski definition) is 1. The highest BCUT2D eigenvalue weighted by molar-refractivity contribution is 5.77. The molecule has 3 nitrogen and oxygen atoms in total. The molecule has 1 aliphatic rings. The number of nitrogens with one attached hydrogen (secondary N) is 1. The predicted molar refractivity (Wildman–Crippen MR) is 92.2 cm³/mol. The average molecular weight is 302 g/mol. The highest BCUT2D eigenvalue weighted by Crippen LogP contribution is 2.23. The lowest BCUT2D eigenvalue weighted by Gasteiger charge is -2.32. The highest BCUT2D eigenvalue weighted by Gasteiger charge is 2.23. The Morgan fingerprint density at radius 2 is 1.68 bits per heavy atom. The third-order valence-electron chi connectivity index (χ3n) is 4.91. The van der Waals surface area contributed by atoms with Crippen molar-refractivity contribution in [1.29, 1.82) is 0 Å². The van der Waals surface area contributed by atoms with Crippen LogP contribution in [0.25, 0.3) is 0 Å². The molecule has 1 aromatic carbocycles. The molecule has 2 rings (SSSR count). The van der Waals surface area contributed by atoms with Crippen molar-refractivity contribution < 1.29 is 4.79 Å². The summed E-state index contributed by atoms with van der Waals surface area (Å²) in [6, 6.07) is 9.32. The summed E-state index contributed by atoms with van der Waals surface area (Å²) in [4.78, 5) is 14.5. The number of likely N-dealkylation sites (tertiary alicyclic amines) is 1. The van der Waals surface area contributed by atoms with Gasteiger partial charge in [0.1, 0.15) is 0 Å². The van der Waals surface area contributed by atoms with Crippen molar-refractivity contribution in [1.82, 2.24) is 10.2 Å². The minimum Gasteiger partial charge on any atom is -0.343 e. The van der Waals surface area contributed by atoms with Gasteiger partial charge in [-0.1, -0.05) is 45.0 Å². The van der Waals surface area contributed by atoms with Crippen LogP contribution in [0.1, 0.15) is 63.0 Å². The van der Waals surface area contributed by atoms with Gasteiger partial charge < -0.3 is 10.2 Å². The fraction of sp³-hybridized carbons (Fsp3) is 0.632. The first-order valence-corrected chi connectivity index (χ1v) is 8.56. The van der Waals surface area contributed by atoms with E-state index in [2.05, 4.69) is 50.4 Å². The molecule has 1 amide bonds. The molecule has 122 valence electrons. The minimum absolute atomic E-state index is 0.288. The van der Waals surface area contributed by atoms with Crippen LogP contribution in [0.5, 0.6) is 0 Å². The molecule has 0 aromatic heterocycles. The molecule has 3 heteroatoms. The van der Waals surface area contributed by atoms with E-state index < -0.39 is 0 Å². The van der Waals surface area contributed by atoms with Crippen molar-refractivity contribution in [2.24, 2.45) is 0 Å². The molecule has 1 aromatic rings. The Bertz CT molecular complexity index is 473. The first-order valence-electron chi connectivity index (χ1n) is 8.56. The van der Waals surface area contributed by atoms with Gasteiger partial charge in [-0.3, -0.25) is 4.79 Å². The topological polar surface area (TPSA) is 32.3 Å². The molecular formula is C19H30N2O. The van der Waals surface area contributed by atoms with E-state index in [0.717, 1.165) is 25.9 Å². The van der Waals surface area contributed by atoms with Gasteiger partial charge in [0.2, 0.25) is 5.91 Å². The fourth-order valence-electron chi connectivity index (χ4n) is 3.14. The Morgan fingerprint density at radius 1 is 1.14 bits per heavy atom. The second-order valence-electron chi connectivity index (χ2n) is 6.87. The van der Waals surface area contributed by atoms with Gasteiger partial charge in [0, 0.05) is 25.6 Å². The molecule has 0 saturated carbocycles. The molecule has 1 fully saturated rings. The zero-order chi connectivity index (χ0) is 16.1. The fourth-order valence-corrected chi connectivity index (χ4v) is 3.14. The third kappa shape index (κ3) is 4.33. The van der Waals surface area contributed by atoms with Gasteiger partial charge in [0.25, 0.3) is 0 Å². The first kappa shape index (κ1) is 17.0. The van der Waals surface area contributed by atoms with Crippen LogP contribution in [0.4, 0.5) is 0 Å². The molecule has 1 N–H and O–H groups in total. The summed E-state index contributed by atoms with van der Waals surface area (Å²) < 4.78 is 0. The number of carbonyl (C=O) groups is 1. The second kappa shape index (κ2) is 7.77. The standard InChI is InChI=1S/C19H30N2O/c1-14(2)16-5-7-17(8-6-16)15(3)13-19(22)21-11-9-18(20-4)10-12-21/h5-8,14-15,18,20H,9-13H2,1-4H3. The van der Waals surface area contributed by atoms with E-state index in [9.17, 15) is 4.79 Å². The monoisotopic (exact) mass is 302 g/mol. The molecule has 0 radical (unpaired) electrons. The quantitative estimate of drug-likeness (QED) is 0.902. The van der Waals surface area contributed by atoms with Crippen molar-refractivity contribution in [3.8, 4) is 0 Å². The van der Waals surface area contributed by atoms with Crippen molar-refractivity contribution in [3.05, 3.63) is 35.4 Å². The number of piperidine rings is 1. The maximum atomic E-state index is 12.5. The Kier molecular flexibility index (Phi) is 6.01. The Hall–Kier alpha value is -1.35. The molecule has 1 atom stereocenters. The van der Waals surface area contributed by atoms with Gasteiger partial charge in [0.05, 0.1) is 0 Å². The summed E-state index contributed by atoms with van der Waals surface area (Å²) in [6.07, 6.45) is 2.75. The molecule has 0 bridgehead atoms. The third-order valence-corrected chi connectivity index (χ3v) is 4.91. The van der Waals surface area contributed by atoms with Gasteiger partial charge in [-0.15, -0.1) is 0 Å². The van der Waals surface area contributed by atoms with Gasteiger partial charge >= 0.3 is 0 Å². The van der Waals surface area contributed by atoms with Crippen LogP contribution in [0.15, 0.2) is 24.3 Å². The molecule has 1 unspecified atom stereocenters. The molecule has 22 heavy (non-hydrogen) atoms. The Labute approximate surface area is 135 Å². The lowest BCUT2D eigenvalue weighted by atomic mass is 9.93. The number of rotatable bonds is 5. The average Bonchev–Trinajstić information content (AvgIpc) is 2.54. The van der Waals surface area contributed by atoms with E-state index >= 15 is 0 Å². The molecular weight excluding hydrogens is 272 g/mol. The molecule has 1 saturated heterocycles. The summed E-state index contributed by atoms with van der Waals surface area (Å²) in [5.41, 5.74) is 2.62. The van der Waals surface area contributed by atoms with Crippen LogP contribution >= 0.6 is 0 Å². The number of benzene rings is 1. The molecule has 1 aliphatic heterocycles. The zero-order valence-electron chi connectivity index (χ0n) is 14.4. The van der Waals surface area contributed by atoms with Crippen molar-refractivity contribution in [3.63, 3.8) is 0 Å². The molecule has 0 spiro atoms. The normalized spacial score (nSPS) is 17.8. The summed E-state index contributed by atoms with van der Waals surface area (Å²) in [5.74, 6) is 1.14. The van der Waals surface area contributed by atoms with Crippen LogP contribution in [-0.2, 0) is 4.79 Å². The Balaban J connectivity index is 1.88. The largest absolute Gasteiger partial charge is 0.343 e. The SMILES string of the molecule is CNC1CCN(C(=O)CC(C)c2ccc(C(C)C)cc2)CC1. The maximum Gasteiger partial charge on any atom is 0.223 e. The van der Waals surface area contributed by atoms with Crippen molar-refractivity contribution in [2.45, 2.75) is 57.9 Å². The number of hydrogen-bond acceptors (Lipinski definition) is 2. The summed E-state index contributed by atoms with van der Waals surface area (Å²) >= 11 is 0. The lowest BCUT2D eigenvalue weighted by Crippen LogP contribution is -2.44. The summed E-state index contributed by atoms with van der Waals surface area (Å²) in [5, 5.41) is 3.31. The summed E-state index contributed by atoms with van der Waals surface area (Å²) in [7, 11) is 2.01. The second-order valence-corrected chi connectivity index (χ2v) is 6.87. The zero-order valence-corrected chi connectivity index (χ0v) is 14.4. The van der Waals surface area contributed by atoms with E-state index in [1.807, 2.05) is 11.9 Å². The van der Waals surface area contributed by atoms with Crippen LogP contribution in [0.2, 0.25) is 0 Å². The smallest absolute Gasteiger partial charge is 0.223 e. The van der Waals surface area contributed by atoms with E-state index in [4.69, 9.17) is 0 Å². The van der Waals surface area contributed by atoms with Gasteiger partial charge in [-0.05, 0) is 42.9 Å². The van der Waals surface area contributed by atoms with Crippen LogP contribution < -0.4 is 5.32 Å². The van der Waals surface area contributed by atoms with Crippen molar-refractivity contribution >= 4 is 5.91 Å². The van der Waals surface area contributed by atoms with E-state index in [1.54, 1.807) is 0 Å². The van der Waals surface area contributed by atoms with Gasteiger partial charge in [-0.25, -0.2) is 0 Å². The van der Waals surface area contributed by atoms with Gasteiger partial charge in [0.15, 0.2) is 0 Å². The minimum atomic E-state index is 0.288. The lowest BCUT2D eigenvalue weighted by molar-refractivity contribution is -0.132. The Morgan fingerprint density at radius 3 is 2.18 bits per heavy atom. The van der Waals surface area contributed by atoms with E-state index in [0.29, 0.717) is 24.3 Å². The highest BCUT2D eigenvalue weighted by atomic mass is 16.2. The molecule has 0 aliphatic carbocycles. The number of amides is 1. The van der Waals surface area contributed by atoms with Crippen molar-refractivity contribution in [2.75, 3.05) is 20.1 Å². The maximum absolute atomic E-state index is 12.5. The van der Waals surface area contributed by atoms with Gasteiger partial charge in [-0.2, -0.15) is 0 Å². The first-order chi connectivity index (χ1) is 10.5. The van der Waals surface area contributed by atoms with E-state index in [-0.39, 0.29) is 5.92 Å². The number of nitrogens with zero attached hydrogens (tertiary/aromatic N) is 1.